The molecule has 2 N–H and O–H groups in total. The second-order valence-electron chi connectivity index (χ2n) is 7.17. The summed E-state index contributed by atoms with van der Waals surface area (Å²) in [7, 11) is 3.08. The molecular formula is C21H28N2O5. The van der Waals surface area contributed by atoms with E-state index in [1.807, 2.05) is 6.07 Å². The number of urea groups is 1. The van der Waals surface area contributed by atoms with Crippen LogP contribution in [0.25, 0.3) is 0 Å². The maximum Gasteiger partial charge on any atom is 0.338 e. The van der Waals surface area contributed by atoms with Gasteiger partial charge in [-0.1, -0.05) is 25.0 Å². The van der Waals surface area contributed by atoms with Gasteiger partial charge in [0, 0.05) is 11.3 Å². The normalized spacial score (nSPS) is 20.7. The number of esters is 1. The van der Waals surface area contributed by atoms with Gasteiger partial charge >= 0.3 is 12.0 Å². The number of hydrogen-bond acceptors (Lipinski definition) is 5. The van der Waals surface area contributed by atoms with Gasteiger partial charge < -0.3 is 24.8 Å². The van der Waals surface area contributed by atoms with E-state index in [0.29, 0.717) is 28.3 Å². The zero-order valence-electron chi connectivity index (χ0n) is 16.7. The van der Waals surface area contributed by atoms with E-state index >= 15 is 0 Å². The molecule has 1 saturated carbocycles. The Kier molecular flexibility index (Phi) is 6.44. The Morgan fingerprint density at radius 3 is 2.43 bits per heavy atom. The molecule has 0 bridgehead atoms. The standard InChI is InChI=1S/C21H28N2O5/c1-13-17(20(24)28-14-9-6-4-5-7-10-14)18(23-21(25)22-13)15-11-8-12-16(26-2)19(15)27-3/h8,11-12,14,18H,4-7,9-10H2,1-3H3,(H2,22,23,25). The molecule has 7 nitrogen and oxygen atoms in total. The van der Waals surface area contributed by atoms with Crippen LogP contribution in [-0.4, -0.2) is 32.3 Å². The van der Waals surface area contributed by atoms with Crippen molar-refractivity contribution < 1.29 is 23.8 Å². The first kappa shape index (κ1) is 20.0. The molecular weight excluding hydrogens is 360 g/mol. The highest BCUT2D eigenvalue weighted by Gasteiger charge is 2.35. The van der Waals surface area contributed by atoms with Crippen molar-refractivity contribution in [1.29, 1.82) is 0 Å². The second-order valence-corrected chi connectivity index (χ2v) is 7.17. The summed E-state index contributed by atoms with van der Waals surface area (Å²) in [5.41, 5.74) is 1.51. The van der Waals surface area contributed by atoms with Gasteiger partial charge in [0.1, 0.15) is 6.10 Å². The fourth-order valence-electron chi connectivity index (χ4n) is 3.91. The lowest BCUT2D eigenvalue weighted by Crippen LogP contribution is -2.45. The fraction of sp³-hybridized carbons (Fsp3) is 0.524. The number of para-hydroxylation sites is 1. The van der Waals surface area contributed by atoms with Crippen LogP contribution in [0, 0.1) is 0 Å². The summed E-state index contributed by atoms with van der Waals surface area (Å²) in [5, 5.41) is 5.51. The van der Waals surface area contributed by atoms with Crippen LogP contribution in [0.1, 0.15) is 57.1 Å². The lowest BCUT2D eigenvalue weighted by atomic mass is 9.94. The van der Waals surface area contributed by atoms with E-state index in [4.69, 9.17) is 14.2 Å². The molecule has 1 aromatic carbocycles. The van der Waals surface area contributed by atoms with Gasteiger partial charge in [0.05, 0.1) is 25.8 Å². The van der Waals surface area contributed by atoms with Crippen LogP contribution < -0.4 is 20.1 Å². The van der Waals surface area contributed by atoms with Gasteiger partial charge in [-0.05, 0) is 38.7 Å². The van der Waals surface area contributed by atoms with Gasteiger partial charge in [0.15, 0.2) is 11.5 Å². The van der Waals surface area contributed by atoms with E-state index < -0.39 is 12.0 Å². The Morgan fingerprint density at radius 1 is 1.07 bits per heavy atom. The molecule has 0 saturated heterocycles. The predicted molar refractivity (Wildman–Crippen MR) is 104 cm³/mol. The number of allylic oxidation sites excluding steroid dienone is 1. The van der Waals surface area contributed by atoms with Crippen molar-refractivity contribution in [1.82, 2.24) is 10.6 Å². The average Bonchev–Trinajstić information content (AvgIpc) is 2.95. The Balaban J connectivity index is 1.94. The van der Waals surface area contributed by atoms with Gasteiger partial charge in [0.25, 0.3) is 0 Å². The van der Waals surface area contributed by atoms with Gasteiger partial charge in [0.2, 0.25) is 0 Å². The Bertz CT molecular complexity index is 766. The molecule has 1 atom stereocenters. The van der Waals surface area contributed by atoms with E-state index in [2.05, 4.69) is 10.6 Å². The molecule has 7 heteroatoms. The molecule has 1 unspecified atom stereocenters. The molecule has 152 valence electrons. The summed E-state index contributed by atoms with van der Waals surface area (Å²) < 4.78 is 16.7. The summed E-state index contributed by atoms with van der Waals surface area (Å²) in [6.07, 6.45) is 6.17. The van der Waals surface area contributed by atoms with Crippen molar-refractivity contribution in [2.24, 2.45) is 0 Å². The van der Waals surface area contributed by atoms with Crippen LogP contribution >= 0.6 is 0 Å². The molecule has 0 radical (unpaired) electrons. The first-order valence-corrected chi connectivity index (χ1v) is 9.75. The highest BCUT2D eigenvalue weighted by Crippen LogP contribution is 2.39. The van der Waals surface area contributed by atoms with Crippen LogP contribution in [-0.2, 0) is 9.53 Å². The monoisotopic (exact) mass is 388 g/mol. The van der Waals surface area contributed by atoms with E-state index in [-0.39, 0.29) is 12.1 Å². The molecule has 1 heterocycles. The molecule has 1 aliphatic heterocycles. The molecule has 1 fully saturated rings. The van der Waals surface area contributed by atoms with Crippen LogP contribution in [0.2, 0.25) is 0 Å². The maximum absolute atomic E-state index is 13.1. The van der Waals surface area contributed by atoms with Crippen LogP contribution in [0.5, 0.6) is 11.5 Å². The second kappa shape index (κ2) is 8.99. The van der Waals surface area contributed by atoms with Crippen molar-refractivity contribution in [2.75, 3.05) is 14.2 Å². The highest BCUT2D eigenvalue weighted by atomic mass is 16.5. The van der Waals surface area contributed by atoms with E-state index in [9.17, 15) is 9.59 Å². The maximum atomic E-state index is 13.1. The first-order valence-electron chi connectivity index (χ1n) is 9.75. The zero-order chi connectivity index (χ0) is 20.1. The van der Waals surface area contributed by atoms with Gasteiger partial charge in [-0.25, -0.2) is 9.59 Å². The van der Waals surface area contributed by atoms with Crippen molar-refractivity contribution in [3.05, 3.63) is 35.0 Å². The minimum absolute atomic E-state index is 0.0826. The molecule has 2 aliphatic rings. The summed E-state index contributed by atoms with van der Waals surface area (Å²) in [5.74, 6) is 0.596. The lowest BCUT2D eigenvalue weighted by Gasteiger charge is -2.30. The van der Waals surface area contributed by atoms with Crippen LogP contribution in [0.4, 0.5) is 4.79 Å². The quantitative estimate of drug-likeness (QED) is 0.595. The Hall–Kier alpha value is -2.70. The number of benzene rings is 1. The minimum Gasteiger partial charge on any atom is -0.493 e. The molecule has 1 aliphatic carbocycles. The average molecular weight is 388 g/mol. The molecule has 2 amide bonds. The number of ether oxygens (including phenoxy) is 3. The third-order valence-corrected chi connectivity index (χ3v) is 5.31. The van der Waals surface area contributed by atoms with Gasteiger partial charge in [-0.3, -0.25) is 0 Å². The van der Waals surface area contributed by atoms with Crippen LogP contribution in [0.3, 0.4) is 0 Å². The van der Waals surface area contributed by atoms with Crippen molar-refractivity contribution in [3.63, 3.8) is 0 Å². The highest BCUT2D eigenvalue weighted by molar-refractivity contribution is 5.95. The summed E-state index contributed by atoms with van der Waals surface area (Å²) in [6.45, 7) is 1.71. The third-order valence-electron chi connectivity index (χ3n) is 5.31. The van der Waals surface area contributed by atoms with Gasteiger partial charge in [-0.2, -0.15) is 0 Å². The summed E-state index contributed by atoms with van der Waals surface area (Å²) in [4.78, 5) is 25.2. The smallest absolute Gasteiger partial charge is 0.338 e. The summed E-state index contributed by atoms with van der Waals surface area (Å²) in [6, 6.07) is 4.32. The summed E-state index contributed by atoms with van der Waals surface area (Å²) >= 11 is 0. The number of hydrogen-bond donors (Lipinski definition) is 2. The fourth-order valence-corrected chi connectivity index (χ4v) is 3.91. The van der Waals surface area contributed by atoms with Crippen LogP contribution in [0.15, 0.2) is 29.5 Å². The van der Waals surface area contributed by atoms with E-state index in [1.54, 1.807) is 26.2 Å². The minimum atomic E-state index is -0.683. The van der Waals surface area contributed by atoms with E-state index in [0.717, 1.165) is 25.7 Å². The molecule has 28 heavy (non-hydrogen) atoms. The number of carbonyl (C=O) groups excluding carboxylic acids is 2. The van der Waals surface area contributed by atoms with Gasteiger partial charge in [-0.15, -0.1) is 0 Å². The molecule has 0 spiro atoms. The van der Waals surface area contributed by atoms with Crippen molar-refractivity contribution >= 4 is 12.0 Å². The molecule has 1 aromatic rings. The topological polar surface area (TPSA) is 85.9 Å². The third kappa shape index (κ3) is 4.24. The largest absolute Gasteiger partial charge is 0.493 e. The number of carbonyl (C=O) groups is 2. The van der Waals surface area contributed by atoms with Crippen molar-refractivity contribution in [3.8, 4) is 11.5 Å². The Morgan fingerprint density at radius 2 is 1.79 bits per heavy atom. The number of rotatable bonds is 5. The number of amides is 2. The predicted octanol–water partition coefficient (Wildman–Crippen LogP) is 3.60. The first-order chi connectivity index (χ1) is 13.5. The Labute approximate surface area is 165 Å². The molecule has 0 aromatic heterocycles. The SMILES string of the molecule is COc1cccc(C2NC(=O)NC(C)=C2C(=O)OC2CCCCCC2)c1OC. The zero-order valence-corrected chi connectivity index (χ0v) is 16.7. The number of methoxy groups -OCH3 is 2. The molecule has 3 rings (SSSR count). The van der Waals surface area contributed by atoms with Crippen molar-refractivity contribution in [2.45, 2.75) is 57.6 Å². The lowest BCUT2D eigenvalue weighted by molar-refractivity contribution is -0.145. The van der Waals surface area contributed by atoms with E-state index in [1.165, 1.54) is 20.0 Å². The number of nitrogens with one attached hydrogen (secondary N) is 2.